The number of rotatable bonds is 5. The van der Waals surface area contributed by atoms with Crippen LogP contribution in [-0.4, -0.2) is 14.5 Å². The number of aryl methyl sites for hydroxylation is 2. The van der Waals surface area contributed by atoms with Gasteiger partial charge in [-0.3, -0.25) is 9.97 Å². The lowest BCUT2D eigenvalue weighted by atomic mass is 9.98. The summed E-state index contributed by atoms with van der Waals surface area (Å²) in [5.41, 5.74) is 1.82. The smallest absolute Gasteiger partial charge is 0.347 e. The summed E-state index contributed by atoms with van der Waals surface area (Å²) >= 11 is 0. The molecular weight excluding hydrogens is 339 g/mol. The summed E-state index contributed by atoms with van der Waals surface area (Å²) in [6.07, 6.45) is 5.60. The van der Waals surface area contributed by atoms with Crippen LogP contribution in [-0.2, 0) is 19.1 Å². The summed E-state index contributed by atoms with van der Waals surface area (Å²) in [7, 11) is 0. The fourth-order valence-electron chi connectivity index (χ4n) is 3.48. The van der Waals surface area contributed by atoms with E-state index in [-0.39, 0.29) is 12.0 Å². The highest BCUT2D eigenvalue weighted by Crippen LogP contribution is 2.35. The standard InChI is InChI=1S/C20H20F3N3/c1-13-11-24-12-17(20(21,22)23)16(13)10-18-15-6-9-26(8-5-14-2-3-14)19(15)4-7-25-18/h4,6-7,9,11-12,14H,2-3,5,8,10H2,1H3. The average Bonchev–Trinajstić information content (AvgIpc) is 3.33. The number of alkyl halides is 3. The zero-order valence-corrected chi connectivity index (χ0v) is 14.6. The quantitative estimate of drug-likeness (QED) is 0.631. The predicted molar refractivity (Wildman–Crippen MR) is 93.9 cm³/mol. The van der Waals surface area contributed by atoms with E-state index in [0.29, 0.717) is 11.3 Å². The molecule has 3 heterocycles. The van der Waals surface area contributed by atoms with Gasteiger partial charge in [0.05, 0.1) is 16.8 Å². The zero-order chi connectivity index (χ0) is 18.3. The van der Waals surface area contributed by atoms with Gasteiger partial charge in [0.1, 0.15) is 0 Å². The van der Waals surface area contributed by atoms with Crippen LogP contribution in [0.25, 0.3) is 10.9 Å². The maximum absolute atomic E-state index is 13.4. The van der Waals surface area contributed by atoms with E-state index in [1.165, 1.54) is 19.0 Å². The van der Waals surface area contributed by atoms with Gasteiger partial charge in [-0.15, -0.1) is 0 Å². The van der Waals surface area contributed by atoms with E-state index < -0.39 is 11.7 Å². The first-order valence-electron chi connectivity index (χ1n) is 8.87. The summed E-state index contributed by atoms with van der Waals surface area (Å²) < 4.78 is 42.3. The van der Waals surface area contributed by atoms with E-state index >= 15 is 0 Å². The van der Waals surface area contributed by atoms with Crippen LogP contribution in [0.1, 0.15) is 41.6 Å². The highest BCUT2D eigenvalue weighted by Gasteiger charge is 2.34. The molecule has 0 saturated heterocycles. The third-order valence-corrected chi connectivity index (χ3v) is 5.18. The minimum absolute atomic E-state index is 0.146. The van der Waals surface area contributed by atoms with Crippen molar-refractivity contribution in [3.8, 4) is 0 Å². The van der Waals surface area contributed by atoms with Crippen molar-refractivity contribution in [2.24, 2.45) is 5.92 Å². The van der Waals surface area contributed by atoms with Gasteiger partial charge in [-0.2, -0.15) is 13.2 Å². The molecule has 1 saturated carbocycles. The Balaban J connectivity index is 1.70. The molecule has 0 amide bonds. The van der Waals surface area contributed by atoms with Crippen LogP contribution in [0, 0.1) is 12.8 Å². The SMILES string of the molecule is Cc1cncc(C(F)(F)F)c1Cc1nccc2c1ccn2CCC1CC1. The van der Waals surface area contributed by atoms with Crippen LogP contribution in [0.15, 0.2) is 36.9 Å². The molecule has 0 radical (unpaired) electrons. The van der Waals surface area contributed by atoms with Gasteiger partial charge < -0.3 is 4.57 Å². The lowest BCUT2D eigenvalue weighted by Gasteiger charge is -2.15. The molecule has 0 unspecified atom stereocenters. The Morgan fingerprint density at radius 3 is 2.73 bits per heavy atom. The van der Waals surface area contributed by atoms with Gasteiger partial charge in [-0.1, -0.05) is 12.8 Å². The molecule has 0 aliphatic heterocycles. The highest BCUT2D eigenvalue weighted by molar-refractivity contribution is 5.82. The minimum Gasteiger partial charge on any atom is -0.347 e. The predicted octanol–water partition coefficient (Wildman–Crippen LogP) is 5.15. The van der Waals surface area contributed by atoms with Crippen LogP contribution in [0.5, 0.6) is 0 Å². The Morgan fingerprint density at radius 1 is 1.19 bits per heavy atom. The van der Waals surface area contributed by atoms with Gasteiger partial charge in [-0.05, 0) is 42.5 Å². The summed E-state index contributed by atoms with van der Waals surface area (Å²) in [5, 5.41) is 0.924. The van der Waals surface area contributed by atoms with E-state index in [0.717, 1.165) is 36.0 Å². The molecule has 0 aromatic carbocycles. The van der Waals surface area contributed by atoms with Gasteiger partial charge in [0.25, 0.3) is 0 Å². The molecule has 3 nitrogen and oxygen atoms in total. The summed E-state index contributed by atoms with van der Waals surface area (Å²) in [5.74, 6) is 0.836. The molecule has 1 aliphatic rings. The zero-order valence-electron chi connectivity index (χ0n) is 14.6. The first-order valence-corrected chi connectivity index (χ1v) is 8.87. The molecule has 6 heteroatoms. The van der Waals surface area contributed by atoms with Crippen molar-refractivity contribution < 1.29 is 13.2 Å². The maximum Gasteiger partial charge on any atom is 0.418 e. The van der Waals surface area contributed by atoms with E-state index in [4.69, 9.17) is 0 Å². The van der Waals surface area contributed by atoms with Crippen LogP contribution in [0.2, 0.25) is 0 Å². The number of hydrogen-bond acceptors (Lipinski definition) is 2. The molecule has 136 valence electrons. The van der Waals surface area contributed by atoms with Crippen molar-refractivity contribution in [3.05, 3.63) is 59.3 Å². The summed E-state index contributed by atoms with van der Waals surface area (Å²) in [4.78, 5) is 8.11. The van der Waals surface area contributed by atoms with E-state index in [2.05, 4.69) is 14.5 Å². The Hall–Kier alpha value is -2.37. The first-order chi connectivity index (χ1) is 12.4. The molecule has 3 aromatic heterocycles. The second-order valence-corrected chi connectivity index (χ2v) is 7.09. The molecule has 0 spiro atoms. The van der Waals surface area contributed by atoms with Gasteiger partial charge in [0.2, 0.25) is 0 Å². The lowest BCUT2D eigenvalue weighted by Crippen LogP contribution is -2.12. The van der Waals surface area contributed by atoms with Gasteiger partial charge in [0.15, 0.2) is 0 Å². The van der Waals surface area contributed by atoms with Crippen molar-refractivity contribution in [1.29, 1.82) is 0 Å². The minimum atomic E-state index is -4.42. The molecule has 1 aliphatic carbocycles. The number of pyridine rings is 2. The fourth-order valence-corrected chi connectivity index (χ4v) is 3.48. The molecule has 4 rings (SSSR count). The summed E-state index contributed by atoms with van der Waals surface area (Å²) in [6.45, 7) is 2.61. The first kappa shape index (κ1) is 17.1. The van der Waals surface area contributed by atoms with Gasteiger partial charge in [0, 0.05) is 43.1 Å². The Morgan fingerprint density at radius 2 is 2.00 bits per heavy atom. The molecule has 0 N–H and O–H groups in total. The van der Waals surface area contributed by atoms with Crippen LogP contribution >= 0.6 is 0 Å². The molecule has 1 fully saturated rings. The molecule has 0 bridgehead atoms. The van der Waals surface area contributed by atoms with E-state index in [1.54, 1.807) is 13.1 Å². The Kier molecular flexibility index (Phi) is 4.21. The maximum atomic E-state index is 13.4. The molecule has 26 heavy (non-hydrogen) atoms. The number of fused-ring (bicyclic) bond motifs is 1. The van der Waals surface area contributed by atoms with Crippen molar-refractivity contribution in [3.63, 3.8) is 0 Å². The molecular formula is C20H20F3N3. The monoisotopic (exact) mass is 359 g/mol. The normalized spacial score (nSPS) is 14.9. The fraction of sp³-hybridized carbons (Fsp3) is 0.400. The third kappa shape index (κ3) is 3.32. The van der Waals surface area contributed by atoms with Crippen molar-refractivity contribution >= 4 is 10.9 Å². The largest absolute Gasteiger partial charge is 0.418 e. The van der Waals surface area contributed by atoms with Crippen LogP contribution < -0.4 is 0 Å². The Bertz CT molecular complexity index is 939. The number of aromatic nitrogens is 3. The second kappa shape index (κ2) is 6.41. The number of halogens is 3. The average molecular weight is 359 g/mol. The Labute approximate surface area is 149 Å². The van der Waals surface area contributed by atoms with Crippen molar-refractivity contribution in [2.45, 2.75) is 45.3 Å². The number of hydrogen-bond donors (Lipinski definition) is 0. The van der Waals surface area contributed by atoms with E-state index in [9.17, 15) is 13.2 Å². The second-order valence-electron chi connectivity index (χ2n) is 7.09. The van der Waals surface area contributed by atoms with Crippen molar-refractivity contribution in [1.82, 2.24) is 14.5 Å². The lowest BCUT2D eigenvalue weighted by molar-refractivity contribution is -0.138. The number of nitrogens with zero attached hydrogens (tertiary/aromatic N) is 3. The van der Waals surface area contributed by atoms with E-state index in [1.807, 2.05) is 18.3 Å². The highest BCUT2D eigenvalue weighted by atomic mass is 19.4. The van der Waals surface area contributed by atoms with Gasteiger partial charge >= 0.3 is 6.18 Å². The topological polar surface area (TPSA) is 30.7 Å². The third-order valence-electron chi connectivity index (χ3n) is 5.18. The molecule has 3 aromatic rings. The molecule has 0 atom stereocenters. The van der Waals surface area contributed by atoms with Crippen LogP contribution in [0.3, 0.4) is 0 Å². The van der Waals surface area contributed by atoms with Crippen molar-refractivity contribution in [2.75, 3.05) is 0 Å². The van der Waals surface area contributed by atoms with Gasteiger partial charge in [-0.25, -0.2) is 0 Å². The summed E-state index contributed by atoms with van der Waals surface area (Å²) in [6, 6.07) is 3.91. The van der Waals surface area contributed by atoms with Crippen LogP contribution in [0.4, 0.5) is 13.2 Å².